The van der Waals surface area contributed by atoms with Gasteiger partial charge < -0.3 is 14.6 Å². The fourth-order valence-electron chi connectivity index (χ4n) is 1.84. The van der Waals surface area contributed by atoms with Gasteiger partial charge in [-0.2, -0.15) is 0 Å². The third kappa shape index (κ3) is 3.99. The molecular weight excluding hydrogens is 200 g/mol. The van der Waals surface area contributed by atoms with Gasteiger partial charge in [-0.25, -0.2) is 0 Å². The summed E-state index contributed by atoms with van der Waals surface area (Å²) in [5.41, 5.74) is 1.34. The van der Waals surface area contributed by atoms with Crippen LogP contribution in [0.15, 0.2) is 18.3 Å². The second-order valence-corrected chi connectivity index (χ2v) is 4.02. The van der Waals surface area contributed by atoms with Crippen LogP contribution >= 0.6 is 0 Å². The highest BCUT2D eigenvalue weighted by Gasteiger charge is 2.07. The van der Waals surface area contributed by atoms with Crippen LogP contribution in [0.4, 0.5) is 0 Å². The van der Waals surface area contributed by atoms with Crippen molar-refractivity contribution in [2.75, 3.05) is 19.8 Å². The minimum atomic E-state index is 0.408. The van der Waals surface area contributed by atoms with E-state index in [0.717, 1.165) is 32.7 Å². The van der Waals surface area contributed by atoms with E-state index in [-0.39, 0.29) is 0 Å². The number of hydrogen-bond acceptors (Lipinski definition) is 2. The quantitative estimate of drug-likeness (QED) is 0.687. The van der Waals surface area contributed by atoms with Gasteiger partial charge in [0.2, 0.25) is 0 Å². The molecule has 0 fully saturated rings. The Kier molecular flexibility index (Phi) is 6.19. The van der Waals surface area contributed by atoms with Gasteiger partial charge in [0.05, 0.1) is 6.61 Å². The lowest BCUT2D eigenvalue weighted by molar-refractivity contribution is 0.126. The highest BCUT2D eigenvalue weighted by molar-refractivity contribution is 5.11. The van der Waals surface area contributed by atoms with Crippen LogP contribution in [0.1, 0.15) is 38.9 Å². The summed E-state index contributed by atoms with van der Waals surface area (Å²) >= 11 is 0. The van der Waals surface area contributed by atoms with Crippen LogP contribution in [0.5, 0.6) is 0 Å². The number of ether oxygens (including phenoxy) is 1. The number of rotatable bonds is 8. The average molecular weight is 224 g/mol. The predicted molar refractivity (Wildman–Crippen MR) is 67.6 cm³/mol. The summed E-state index contributed by atoms with van der Waals surface area (Å²) in [5, 5.41) is 3.43. The van der Waals surface area contributed by atoms with Gasteiger partial charge in [0, 0.05) is 31.1 Å². The molecule has 1 rings (SSSR count). The van der Waals surface area contributed by atoms with Crippen LogP contribution in [0.25, 0.3) is 0 Å². The molecule has 1 aromatic rings. The Bertz CT molecular complexity index is 283. The summed E-state index contributed by atoms with van der Waals surface area (Å²) in [7, 11) is 0. The molecule has 16 heavy (non-hydrogen) atoms. The first-order valence-electron chi connectivity index (χ1n) is 6.25. The lowest BCUT2D eigenvalue weighted by Crippen LogP contribution is -2.21. The Morgan fingerprint density at radius 1 is 1.38 bits per heavy atom. The average Bonchev–Trinajstić information content (AvgIpc) is 2.73. The van der Waals surface area contributed by atoms with Crippen LogP contribution in [0.2, 0.25) is 0 Å². The molecule has 3 nitrogen and oxygen atoms in total. The van der Waals surface area contributed by atoms with Crippen molar-refractivity contribution in [1.29, 1.82) is 0 Å². The van der Waals surface area contributed by atoms with E-state index in [1.54, 1.807) is 0 Å². The van der Waals surface area contributed by atoms with Crippen molar-refractivity contribution in [3.8, 4) is 0 Å². The van der Waals surface area contributed by atoms with Gasteiger partial charge >= 0.3 is 0 Å². The first kappa shape index (κ1) is 13.3. The van der Waals surface area contributed by atoms with Crippen molar-refractivity contribution in [3.05, 3.63) is 24.0 Å². The van der Waals surface area contributed by atoms with Gasteiger partial charge in [-0.05, 0) is 32.0 Å². The third-order valence-electron chi connectivity index (χ3n) is 2.64. The standard InChI is InChI=1S/C13H24N2O/c1-4-10-16-11-9-15-8-6-7-13(15)12(3)14-5-2/h6-8,12,14H,4-5,9-11H2,1-3H3. The molecule has 3 heteroatoms. The van der Waals surface area contributed by atoms with Crippen LogP contribution < -0.4 is 5.32 Å². The normalized spacial score (nSPS) is 12.9. The van der Waals surface area contributed by atoms with E-state index < -0.39 is 0 Å². The maximum atomic E-state index is 5.51. The third-order valence-corrected chi connectivity index (χ3v) is 2.64. The summed E-state index contributed by atoms with van der Waals surface area (Å²) in [6.45, 7) is 10.1. The molecule has 0 aliphatic heterocycles. The molecule has 1 aromatic heterocycles. The monoisotopic (exact) mass is 224 g/mol. The van der Waals surface area contributed by atoms with Crippen molar-refractivity contribution in [2.24, 2.45) is 0 Å². The molecule has 0 aliphatic carbocycles. The highest BCUT2D eigenvalue weighted by atomic mass is 16.5. The molecule has 1 unspecified atom stereocenters. The number of hydrogen-bond donors (Lipinski definition) is 1. The fraction of sp³-hybridized carbons (Fsp3) is 0.692. The second-order valence-electron chi connectivity index (χ2n) is 4.02. The Hall–Kier alpha value is -0.800. The van der Waals surface area contributed by atoms with E-state index in [1.807, 2.05) is 0 Å². The summed E-state index contributed by atoms with van der Waals surface area (Å²) in [6, 6.07) is 4.68. The summed E-state index contributed by atoms with van der Waals surface area (Å²) in [5.74, 6) is 0. The lowest BCUT2D eigenvalue weighted by Gasteiger charge is -2.16. The molecular formula is C13H24N2O. The van der Waals surface area contributed by atoms with Gasteiger partial charge in [0.1, 0.15) is 0 Å². The van der Waals surface area contributed by atoms with Crippen molar-refractivity contribution >= 4 is 0 Å². The summed E-state index contributed by atoms with van der Waals surface area (Å²) < 4.78 is 7.78. The first-order valence-corrected chi connectivity index (χ1v) is 6.25. The smallest absolute Gasteiger partial charge is 0.0645 e. The molecule has 1 N–H and O–H groups in total. The summed E-state index contributed by atoms with van der Waals surface area (Å²) in [6.07, 6.45) is 3.21. The topological polar surface area (TPSA) is 26.2 Å². The number of nitrogens with zero attached hydrogens (tertiary/aromatic N) is 1. The molecule has 0 bridgehead atoms. The zero-order chi connectivity index (χ0) is 11.8. The zero-order valence-corrected chi connectivity index (χ0v) is 10.7. The minimum Gasteiger partial charge on any atom is -0.380 e. The molecule has 0 radical (unpaired) electrons. The number of aromatic nitrogens is 1. The van der Waals surface area contributed by atoms with Gasteiger partial charge in [-0.1, -0.05) is 13.8 Å². The van der Waals surface area contributed by atoms with E-state index in [2.05, 4.69) is 49.0 Å². The Balaban J connectivity index is 2.43. The van der Waals surface area contributed by atoms with Crippen molar-refractivity contribution in [1.82, 2.24) is 9.88 Å². The molecule has 0 amide bonds. The SMILES string of the molecule is CCCOCCn1cccc1C(C)NCC. The van der Waals surface area contributed by atoms with E-state index in [4.69, 9.17) is 4.74 Å². The molecule has 1 atom stereocenters. The largest absolute Gasteiger partial charge is 0.380 e. The van der Waals surface area contributed by atoms with Gasteiger partial charge in [-0.3, -0.25) is 0 Å². The second kappa shape index (κ2) is 7.47. The minimum absolute atomic E-state index is 0.408. The molecule has 0 aromatic carbocycles. The van der Waals surface area contributed by atoms with E-state index >= 15 is 0 Å². The van der Waals surface area contributed by atoms with Gasteiger partial charge in [-0.15, -0.1) is 0 Å². The van der Waals surface area contributed by atoms with Crippen LogP contribution in [0.3, 0.4) is 0 Å². The van der Waals surface area contributed by atoms with Crippen molar-refractivity contribution < 1.29 is 4.74 Å². The highest BCUT2D eigenvalue weighted by Crippen LogP contribution is 2.12. The molecule has 1 heterocycles. The molecule has 0 saturated carbocycles. The Morgan fingerprint density at radius 3 is 2.88 bits per heavy atom. The zero-order valence-electron chi connectivity index (χ0n) is 10.7. The van der Waals surface area contributed by atoms with Crippen LogP contribution in [-0.4, -0.2) is 24.3 Å². The Labute approximate surface area is 98.8 Å². The molecule has 0 spiro atoms. The Morgan fingerprint density at radius 2 is 2.19 bits per heavy atom. The molecule has 0 saturated heterocycles. The maximum absolute atomic E-state index is 5.51. The number of nitrogens with one attached hydrogen (secondary N) is 1. The van der Waals surface area contributed by atoms with Crippen LogP contribution in [0, 0.1) is 0 Å². The van der Waals surface area contributed by atoms with E-state index in [1.165, 1.54) is 5.69 Å². The van der Waals surface area contributed by atoms with Crippen molar-refractivity contribution in [2.45, 2.75) is 39.8 Å². The molecule has 0 aliphatic rings. The lowest BCUT2D eigenvalue weighted by atomic mass is 10.2. The van der Waals surface area contributed by atoms with Gasteiger partial charge in [0.15, 0.2) is 0 Å². The van der Waals surface area contributed by atoms with E-state index in [9.17, 15) is 0 Å². The molecule has 92 valence electrons. The fourth-order valence-corrected chi connectivity index (χ4v) is 1.84. The van der Waals surface area contributed by atoms with Crippen molar-refractivity contribution in [3.63, 3.8) is 0 Å². The predicted octanol–water partition coefficient (Wildman–Crippen LogP) is 2.59. The summed E-state index contributed by atoms with van der Waals surface area (Å²) in [4.78, 5) is 0. The first-order chi connectivity index (χ1) is 7.79. The maximum Gasteiger partial charge on any atom is 0.0645 e. The van der Waals surface area contributed by atoms with Gasteiger partial charge in [0.25, 0.3) is 0 Å². The van der Waals surface area contributed by atoms with Crippen LogP contribution in [-0.2, 0) is 11.3 Å². The van der Waals surface area contributed by atoms with E-state index in [0.29, 0.717) is 6.04 Å².